The van der Waals surface area contributed by atoms with Crippen LogP contribution in [-0.2, 0) is 25.9 Å². The summed E-state index contributed by atoms with van der Waals surface area (Å²) < 4.78 is 2.55. The van der Waals surface area contributed by atoms with E-state index in [1.165, 1.54) is 33.4 Å². The molecule has 1 aromatic carbocycles. The molecule has 25 heavy (non-hydrogen) atoms. The largest absolute Gasteiger partial charge is 0.346 e. The second-order valence-electron chi connectivity index (χ2n) is 7.78. The highest BCUT2D eigenvalue weighted by Crippen LogP contribution is 2.31. The maximum Gasteiger partial charge on any atom is 0.108 e. The molecule has 1 N–H and O–H groups in total. The minimum atomic E-state index is 0.451. The van der Waals surface area contributed by atoms with E-state index < -0.39 is 0 Å². The predicted octanol–water partition coefficient (Wildman–Crippen LogP) is 4.03. The van der Waals surface area contributed by atoms with Crippen molar-refractivity contribution in [2.45, 2.75) is 52.6 Å². The zero-order chi connectivity index (χ0) is 17.6. The number of hydrogen-bond donors (Lipinski definition) is 1. The van der Waals surface area contributed by atoms with Crippen molar-refractivity contribution in [3.05, 3.63) is 52.7 Å². The lowest BCUT2D eigenvalue weighted by Gasteiger charge is -2.24. The van der Waals surface area contributed by atoms with E-state index in [-0.39, 0.29) is 0 Å². The molecule has 0 radical (unpaired) electrons. The Labute approximate surface area is 149 Å². The summed E-state index contributed by atoms with van der Waals surface area (Å²) in [6, 6.07) is 6.90. The standard InChI is InChI=1S/C21H28N4/c1-14(2)21-22-12-16(23-21)7-10-25-19-6-5-15(3)11-17(19)18-13-24(4)9-8-20(18)25/h5-6,11-12,14H,7-10,13H2,1-4H3,(H,22,23). The Hall–Kier alpha value is -2.07. The van der Waals surface area contributed by atoms with Crippen LogP contribution >= 0.6 is 0 Å². The van der Waals surface area contributed by atoms with E-state index in [2.05, 4.69) is 65.5 Å². The number of hydrogen-bond acceptors (Lipinski definition) is 2. The molecule has 3 aromatic rings. The molecule has 0 bridgehead atoms. The van der Waals surface area contributed by atoms with Gasteiger partial charge in [0.1, 0.15) is 5.82 Å². The van der Waals surface area contributed by atoms with Crippen molar-refractivity contribution in [2.24, 2.45) is 0 Å². The lowest BCUT2D eigenvalue weighted by atomic mass is 10.0. The second kappa shape index (κ2) is 6.34. The first-order valence-electron chi connectivity index (χ1n) is 9.36. The fourth-order valence-corrected chi connectivity index (χ4v) is 3.98. The molecule has 0 aliphatic carbocycles. The van der Waals surface area contributed by atoms with E-state index in [4.69, 9.17) is 0 Å². The molecule has 4 nitrogen and oxygen atoms in total. The minimum absolute atomic E-state index is 0.451. The Bertz CT molecular complexity index is 900. The molecule has 0 saturated carbocycles. The summed E-state index contributed by atoms with van der Waals surface area (Å²) in [5.74, 6) is 1.54. The maximum absolute atomic E-state index is 4.52. The van der Waals surface area contributed by atoms with Crippen molar-refractivity contribution in [3.8, 4) is 0 Å². The van der Waals surface area contributed by atoms with Gasteiger partial charge in [-0.1, -0.05) is 25.5 Å². The quantitative estimate of drug-likeness (QED) is 0.781. The van der Waals surface area contributed by atoms with Gasteiger partial charge in [-0.2, -0.15) is 0 Å². The molecule has 0 fully saturated rings. The van der Waals surface area contributed by atoms with E-state index >= 15 is 0 Å². The van der Waals surface area contributed by atoms with E-state index in [1.807, 2.05) is 6.20 Å². The topological polar surface area (TPSA) is 36.9 Å². The second-order valence-corrected chi connectivity index (χ2v) is 7.78. The van der Waals surface area contributed by atoms with Gasteiger partial charge in [-0.15, -0.1) is 0 Å². The van der Waals surface area contributed by atoms with Gasteiger partial charge in [0.25, 0.3) is 0 Å². The lowest BCUT2D eigenvalue weighted by molar-refractivity contribution is 0.309. The summed E-state index contributed by atoms with van der Waals surface area (Å²) in [6.07, 6.45) is 4.14. The number of likely N-dealkylation sites (N-methyl/N-ethyl adjacent to an activating group) is 1. The average Bonchev–Trinajstić information content (AvgIpc) is 3.16. The molecule has 4 rings (SSSR count). The first-order chi connectivity index (χ1) is 12.0. The van der Waals surface area contributed by atoms with Gasteiger partial charge in [0.05, 0.1) is 0 Å². The van der Waals surface area contributed by atoms with Crippen LogP contribution in [0.15, 0.2) is 24.4 Å². The summed E-state index contributed by atoms with van der Waals surface area (Å²) in [7, 11) is 2.22. The third kappa shape index (κ3) is 2.99. The van der Waals surface area contributed by atoms with Gasteiger partial charge in [-0.3, -0.25) is 0 Å². The predicted molar refractivity (Wildman–Crippen MR) is 103 cm³/mol. The monoisotopic (exact) mass is 336 g/mol. The van der Waals surface area contributed by atoms with Gasteiger partial charge < -0.3 is 14.5 Å². The molecule has 0 atom stereocenters. The smallest absolute Gasteiger partial charge is 0.108 e. The fourth-order valence-electron chi connectivity index (χ4n) is 3.98. The van der Waals surface area contributed by atoms with Gasteiger partial charge in [0.2, 0.25) is 0 Å². The summed E-state index contributed by atoms with van der Waals surface area (Å²) >= 11 is 0. The van der Waals surface area contributed by atoms with Crippen LogP contribution in [0.25, 0.3) is 10.9 Å². The number of H-pyrrole nitrogens is 1. The van der Waals surface area contributed by atoms with Crippen LogP contribution in [0.3, 0.4) is 0 Å². The first kappa shape index (κ1) is 16.4. The van der Waals surface area contributed by atoms with Crippen molar-refractivity contribution in [1.82, 2.24) is 19.4 Å². The Kier molecular flexibility index (Phi) is 4.16. The van der Waals surface area contributed by atoms with Gasteiger partial charge in [-0.25, -0.2) is 4.98 Å². The van der Waals surface area contributed by atoms with Crippen molar-refractivity contribution in [3.63, 3.8) is 0 Å². The summed E-state index contributed by atoms with van der Waals surface area (Å²) in [5, 5.41) is 1.44. The summed E-state index contributed by atoms with van der Waals surface area (Å²) in [6.45, 7) is 9.76. The molecule has 0 amide bonds. The molecule has 0 saturated heterocycles. The molecule has 1 aliphatic rings. The van der Waals surface area contributed by atoms with Gasteiger partial charge in [0.15, 0.2) is 0 Å². The number of aromatic nitrogens is 3. The number of fused-ring (bicyclic) bond motifs is 3. The van der Waals surface area contributed by atoms with Crippen LogP contribution < -0.4 is 0 Å². The maximum atomic E-state index is 4.52. The van der Waals surface area contributed by atoms with Crippen molar-refractivity contribution in [1.29, 1.82) is 0 Å². The van der Waals surface area contributed by atoms with E-state index in [0.29, 0.717) is 5.92 Å². The molecule has 2 aromatic heterocycles. The lowest BCUT2D eigenvalue weighted by Crippen LogP contribution is -2.27. The molecule has 132 valence electrons. The van der Waals surface area contributed by atoms with Gasteiger partial charge in [0, 0.05) is 66.9 Å². The molecule has 3 heterocycles. The third-order valence-corrected chi connectivity index (χ3v) is 5.40. The molecular formula is C21H28N4. The Balaban J connectivity index is 1.69. The number of aryl methyl sites for hydroxylation is 3. The number of nitrogens with zero attached hydrogens (tertiary/aromatic N) is 3. The fraction of sp³-hybridized carbons (Fsp3) is 0.476. The number of aromatic amines is 1. The van der Waals surface area contributed by atoms with Crippen LogP contribution in [0, 0.1) is 6.92 Å². The summed E-state index contributed by atoms with van der Waals surface area (Å²) in [5.41, 5.74) is 7.02. The third-order valence-electron chi connectivity index (χ3n) is 5.40. The highest BCUT2D eigenvalue weighted by molar-refractivity contribution is 5.86. The SMILES string of the molecule is Cc1ccc2c(c1)c1c(n2CCc2cnc(C(C)C)[nH]2)CCN(C)C1. The number of nitrogens with one attached hydrogen (secondary N) is 1. The molecule has 4 heteroatoms. The minimum Gasteiger partial charge on any atom is -0.346 e. The highest BCUT2D eigenvalue weighted by Gasteiger charge is 2.22. The van der Waals surface area contributed by atoms with E-state index in [9.17, 15) is 0 Å². The zero-order valence-electron chi connectivity index (χ0n) is 15.8. The van der Waals surface area contributed by atoms with Crippen LogP contribution in [0.2, 0.25) is 0 Å². The van der Waals surface area contributed by atoms with Gasteiger partial charge >= 0.3 is 0 Å². The highest BCUT2D eigenvalue weighted by atomic mass is 15.1. The number of imidazole rings is 1. The Morgan fingerprint density at radius 1 is 1.28 bits per heavy atom. The normalized spacial score (nSPS) is 15.2. The Morgan fingerprint density at radius 2 is 2.12 bits per heavy atom. The average molecular weight is 336 g/mol. The van der Waals surface area contributed by atoms with Gasteiger partial charge in [-0.05, 0) is 31.7 Å². The van der Waals surface area contributed by atoms with Crippen LogP contribution in [0.4, 0.5) is 0 Å². The Morgan fingerprint density at radius 3 is 2.88 bits per heavy atom. The van der Waals surface area contributed by atoms with Crippen LogP contribution in [0.5, 0.6) is 0 Å². The van der Waals surface area contributed by atoms with E-state index in [1.54, 1.807) is 0 Å². The molecule has 0 spiro atoms. The van der Waals surface area contributed by atoms with Crippen molar-refractivity contribution < 1.29 is 0 Å². The molecule has 1 aliphatic heterocycles. The van der Waals surface area contributed by atoms with Crippen molar-refractivity contribution in [2.75, 3.05) is 13.6 Å². The first-order valence-corrected chi connectivity index (χ1v) is 9.36. The summed E-state index contributed by atoms with van der Waals surface area (Å²) in [4.78, 5) is 10.4. The number of rotatable bonds is 4. The van der Waals surface area contributed by atoms with E-state index in [0.717, 1.165) is 38.3 Å². The van der Waals surface area contributed by atoms with Crippen LogP contribution in [0.1, 0.15) is 48.1 Å². The zero-order valence-corrected chi connectivity index (χ0v) is 15.8. The van der Waals surface area contributed by atoms with Crippen LogP contribution in [-0.4, -0.2) is 33.0 Å². The molecular weight excluding hydrogens is 308 g/mol. The van der Waals surface area contributed by atoms with Crippen molar-refractivity contribution >= 4 is 10.9 Å². The number of benzene rings is 1. The molecule has 0 unspecified atom stereocenters.